The molecule has 0 aliphatic heterocycles. The molecule has 0 aliphatic rings. The molecule has 0 aliphatic carbocycles. The van der Waals surface area contributed by atoms with Gasteiger partial charge in [-0.3, -0.25) is 0 Å². The van der Waals surface area contributed by atoms with Crippen LogP contribution in [0.15, 0.2) is 0 Å². The van der Waals surface area contributed by atoms with Gasteiger partial charge in [-0.25, -0.2) is 0 Å². The predicted octanol–water partition coefficient (Wildman–Crippen LogP) is -0.904. The van der Waals surface area contributed by atoms with Crippen LogP contribution in [0.2, 0.25) is 0 Å². The zero-order valence-electron chi connectivity index (χ0n) is 1.73. The molecular weight excluding hydrogens is 126 g/mol. The minimum absolute atomic E-state index is 4.08. The molecule has 0 rings (SSSR count). The van der Waals surface area contributed by atoms with Crippen LogP contribution in [0.5, 0.6) is 0 Å². The molecule has 0 radical (unpaired) electrons. The summed E-state index contributed by atoms with van der Waals surface area (Å²) in [5, 5.41) is 0. The van der Waals surface area contributed by atoms with Crippen molar-refractivity contribution in [2.24, 2.45) is 0 Å². The molecule has 0 aromatic carbocycles. The second kappa shape index (κ2) is 1.56. The molecule has 4 heavy (non-hydrogen) atoms. The Labute approximate surface area is 27.6 Å². The van der Waals surface area contributed by atoms with Gasteiger partial charge in [-0.05, 0) is 0 Å². The van der Waals surface area contributed by atoms with Gasteiger partial charge in [0.15, 0.2) is 0 Å². The van der Waals surface area contributed by atoms with E-state index in [0.29, 0.717) is 0 Å². The van der Waals surface area contributed by atoms with Gasteiger partial charge in [-0.15, -0.1) is 0 Å². The van der Waals surface area contributed by atoms with Crippen LogP contribution in [0.25, 0.3) is 0 Å². The molecule has 0 amide bonds. The van der Waals surface area contributed by atoms with E-state index < -0.39 is 15.4 Å². The van der Waals surface area contributed by atoms with E-state index >= 15 is 0 Å². The first kappa shape index (κ1) is 4.25. The van der Waals surface area contributed by atoms with Crippen LogP contribution in [0, 0.1) is 0 Å². The predicted molar refractivity (Wildman–Crippen MR) is 11.2 cm³/mol. The second-order valence-electron chi connectivity index (χ2n) is 0.253. The molecule has 2 nitrogen and oxygen atoms in total. The normalized spacial score (nSPS) is 15.5. The number of hydrogen-bond acceptors (Lipinski definition) is 1. The maximum absolute atomic E-state index is 10.2. The van der Waals surface area contributed by atoms with E-state index in [9.17, 15) is 3.47 Å². The summed E-state index contributed by atoms with van der Waals surface area (Å²) in [6.07, 6.45) is 0. The molecule has 0 aromatic heterocycles. The van der Waals surface area contributed by atoms with Gasteiger partial charge in [-0.1, -0.05) is 0 Å². The number of hydrogen-bond donors (Lipinski definition) is 1. The van der Waals surface area contributed by atoms with Gasteiger partial charge < -0.3 is 0 Å². The van der Waals surface area contributed by atoms with Gasteiger partial charge >= 0.3 is 26.7 Å². The van der Waals surface area contributed by atoms with Gasteiger partial charge in [0.25, 0.3) is 0 Å². The molecule has 0 fully saturated rings. The Balaban J connectivity index is 2.80. The molecule has 1 N–H and O–H groups in total. The van der Waals surface area contributed by atoms with E-state index in [1.807, 2.05) is 0 Å². The quantitative estimate of drug-likeness (QED) is 0.429. The van der Waals surface area contributed by atoms with Crippen molar-refractivity contribution in [3.63, 3.8) is 0 Å². The summed E-state index contributed by atoms with van der Waals surface area (Å²) >= 11 is -4.08. The molecule has 0 saturated carbocycles. The first-order valence-electron chi connectivity index (χ1n) is 0.617. The summed E-state index contributed by atoms with van der Waals surface area (Å²) in [6, 6.07) is 0. The fourth-order valence-electron chi connectivity index (χ4n) is 0. The molecule has 0 bridgehead atoms. The van der Waals surface area contributed by atoms with Crippen molar-refractivity contribution >= 4 is 15.4 Å². The fourth-order valence-corrected chi connectivity index (χ4v) is 0. The SMILES string of the molecule is O=[AsH](O)F. The Morgan fingerprint density at radius 3 is 2.00 bits per heavy atom. The number of halogens is 1. The monoisotopic (exact) mass is 128 g/mol. The first-order valence-corrected chi connectivity index (χ1v) is 3.20. The van der Waals surface area contributed by atoms with Crippen molar-refractivity contribution in [3.05, 3.63) is 0 Å². The van der Waals surface area contributed by atoms with E-state index in [0.717, 1.165) is 0 Å². The van der Waals surface area contributed by atoms with E-state index in [-0.39, 0.29) is 0 Å². The molecule has 4 heteroatoms. The van der Waals surface area contributed by atoms with Crippen molar-refractivity contribution in [3.8, 4) is 0 Å². The Hall–Kier alpha value is 0.248. The van der Waals surface area contributed by atoms with Gasteiger partial charge in [0.1, 0.15) is 0 Å². The Morgan fingerprint density at radius 2 is 2.00 bits per heavy atom. The maximum atomic E-state index is 10.2. The van der Waals surface area contributed by atoms with Crippen molar-refractivity contribution in [2.75, 3.05) is 0 Å². The van der Waals surface area contributed by atoms with Gasteiger partial charge in [0.05, 0.1) is 0 Å². The van der Waals surface area contributed by atoms with Crippen LogP contribution in [0.3, 0.4) is 0 Å². The van der Waals surface area contributed by atoms with E-state index in [1.165, 1.54) is 0 Å². The third-order valence-corrected chi connectivity index (χ3v) is 0. The number of rotatable bonds is 0. The van der Waals surface area contributed by atoms with E-state index in [2.05, 4.69) is 0 Å². The van der Waals surface area contributed by atoms with Crippen molar-refractivity contribution in [1.29, 1.82) is 0 Å². The van der Waals surface area contributed by atoms with Gasteiger partial charge in [0.2, 0.25) is 0 Å². The van der Waals surface area contributed by atoms with Crippen LogP contribution < -0.4 is 0 Å². The van der Waals surface area contributed by atoms with Crippen molar-refractivity contribution in [1.82, 2.24) is 0 Å². The van der Waals surface area contributed by atoms with Crippen LogP contribution in [0.4, 0.5) is 3.47 Å². The fraction of sp³-hybridized carbons (Fsp3) is 0. The standard InChI is InChI=1S/AsFH2O2/c2-1(3)4/h1H,(H,3,4). The van der Waals surface area contributed by atoms with Gasteiger partial charge in [0, 0.05) is 0 Å². The van der Waals surface area contributed by atoms with Crippen molar-refractivity contribution < 1.29 is 11.3 Å². The summed E-state index contributed by atoms with van der Waals surface area (Å²) in [5.74, 6) is 0. The molecule has 1 atom stereocenters. The minimum atomic E-state index is -4.08. The van der Waals surface area contributed by atoms with Crippen molar-refractivity contribution in [2.45, 2.75) is 0 Å². The first-order chi connectivity index (χ1) is 1.73. The van der Waals surface area contributed by atoms with E-state index in [4.69, 9.17) is 7.84 Å². The topological polar surface area (TPSA) is 37.3 Å². The Morgan fingerprint density at radius 1 is 2.00 bits per heavy atom. The zero-order valence-corrected chi connectivity index (χ0v) is 3.83. The third-order valence-electron chi connectivity index (χ3n) is 0. The zero-order chi connectivity index (χ0) is 3.58. The Bertz CT molecular complexity index is 29.0. The van der Waals surface area contributed by atoms with Gasteiger partial charge in [-0.2, -0.15) is 0 Å². The molecule has 1 unspecified atom stereocenters. The summed E-state index contributed by atoms with van der Waals surface area (Å²) in [7, 11) is 0. The Kier molecular flexibility index (Phi) is 1.65. The second-order valence-corrected chi connectivity index (χ2v) is 1.31. The molecular formula is H2AsFO2. The average Bonchev–Trinajstić information content (AvgIpc) is 0.811. The van der Waals surface area contributed by atoms with Crippen LogP contribution >= 0.6 is 0 Å². The molecule has 0 spiro atoms. The molecule has 26 valence electrons. The average molecular weight is 128 g/mol. The van der Waals surface area contributed by atoms with E-state index in [1.54, 1.807) is 0 Å². The summed E-state index contributed by atoms with van der Waals surface area (Å²) in [6.45, 7) is 0. The third kappa shape index (κ3) is 56.8. The summed E-state index contributed by atoms with van der Waals surface area (Å²) in [5.41, 5.74) is 0. The molecule has 0 aromatic rings. The van der Waals surface area contributed by atoms with Crippen LogP contribution in [-0.2, 0) is 3.74 Å². The summed E-state index contributed by atoms with van der Waals surface area (Å²) < 4.78 is 25.8. The molecule has 0 heterocycles. The van der Waals surface area contributed by atoms with Crippen LogP contribution in [-0.4, -0.2) is 19.5 Å². The molecule has 0 saturated heterocycles. The van der Waals surface area contributed by atoms with Crippen LogP contribution in [0.1, 0.15) is 0 Å². The summed E-state index contributed by atoms with van der Waals surface area (Å²) in [4.78, 5) is 0.